The molecule has 8 heteroatoms. The lowest BCUT2D eigenvalue weighted by Crippen LogP contribution is -2.38. The van der Waals surface area contributed by atoms with Gasteiger partial charge in [0.15, 0.2) is 0 Å². The zero-order valence-corrected chi connectivity index (χ0v) is 11.7. The Hall–Kier alpha value is -2.90. The number of nitrogens with zero attached hydrogens (tertiary/aromatic N) is 3. The Morgan fingerprint density at radius 3 is 2.57 bits per heavy atom. The Morgan fingerprint density at radius 2 is 1.95 bits per heavy atom. The monoisotopic (exact) mass is 291 g/mol. The zero-order chi connectivity index (χ0) is 15.7. The SMILES string of the molecule is Cc1ccc(C(=O)O)cc1Oc1nn(C)c(=O)n(C)c1=O. The second-order valence-corrected chi connectivity index (χ2v) is 4.46. The van der Waals surface area contributed by atoms with Gasteiger partial charge in [0.1, 0.15) is 5.75 Å². The van der Waals surface area contributed by atoms with Crippen molar-refractivity contribution in [1.82, 2.24) is 14.3 Å². The standard InChI is InChI=1S/C13H13N3O5/c1-7-4-5-8(12(18)19)6-9(7)21-10-11(17)15(2)13(20)16(3)14-10/h4-6H,1-3H3,(H,18,19). The first-order valence-corrected chi connectivity index (χ1v) is 5.97. The van der Waals surface area contributed by atoms with Crippen molar-refractivity contribution in [3.63, 3.8) is 0 Å². The molecule has 110 valence electrons. The molecular weight excluding hydrogens is 278 g/mol. The maximum atomic E-state index is 11.9. The first-order valence-electron chi connectivity index (χ1n) is 5.97. The number of carboxylic acids is 1. The van der Waals surface area contributed by atoms with Crippen molar-refractivity contribution in [3.8, 4) is 11.6 Å². The Labute approximate surface area is 118 Å². The van der Waals surface area contributed by atoms with Crippen LogP contribution in [0.1, 0.15) is 15.9 Å². The van der Waals surface area contributed by atoms with Gasteiger partial charge in [0.2, 0.25) is 0 Å². The summed E-state index contributed by atoms with van der Waals surface area (Å²) in [5.41, 5.74) is -0.614. The molecule has 0 saturated carbocycles. The molecule has 0 saturated heterocycles. The molecule has 0 radical (unpaired) electrons. The summed E-state index contributed by atoms with van der Waals surface area (Å²) >= 11 is 0. The van der Waals surface area contributed by atoms with Crippen LogP contribution in [0.4, 0.5) is 0 Å². The Morgan fingerprint density at radius 1 is 1.29 bits per heavy atom. The van der Waals surface area contributed by atoms with Crippen molar-refractivity contribution >= 4 is 5.97 Å². The molecule has 0 spiro atoms. The highest BCUT2D eigenvalue weighted by atomic mass is 16.5. The van der Waals surface area contributed by atoms with Crippen LogP contribution in [-0.4, -0.2) is 25.4 Å². The average molecular weight is 291 g/mol. The molecule has 0 aliphatic heterocycles. The van der Waals surface area contributed by atoms with E-state index >= 15 is 0 Å². The van der Waals surface area contributed by atoms with Gasteiger partial charge in [0.05, 0.1) is 5.56 Å². The van der Waals surface area contributed by atoms with Crippen molar-refractivity contribution in [2.24, 2.45) is 14.1 Å². The van der Waals surface area contributed by atoms with Gasteiger partial charge in [0, 0.05) is 14.1 Å². The lowest BCUT2D eigenvalue weighted by molar-refractivity contribution is 0.0696. The molecule has 1 aromatic carbocycles. The summed E-state index contributed by atoms with van der Waals surface area (Å²) < 4.78 is 7.21. The Kier molecular flexibility index (Phi) is 3.62. The van der Waals surface area contributed by atoms with E-state index in [0.29, 0.717) is 5.56 Å². The highest BCUT2D eigenvalue weighted by Crippen LogP contribution is 2.23. The Bertz CT molecular complexity index is 835. The number of hydrogen-bond acceptors (Lipinski definition) is 5. The number of carbonyl (C=O) groups is 1. The van der Waals surface area contributed by atoms with Gasteiger partial charge in [0.25, 0.3) is 0 Å². The van der Waals surface area contributed by atoms with Crippen molar-refractivity contribution in [1.29, 1.82) is 0 Å². The normalized spacial score (nSPS) is 10.4. The molecular formula is C13H13N3O5. The van der Waals surface area contributed by atoms with Crippen LogP contribution in [0, 0.1) is 6.92 Å². The van der Waals surface area contributed by atoms with E-state index in [4.69, 9.17) is 9.84 Å². The number of ether oxygens (including phenoxy) is 1. The summed E-state index contributed by atoms with van der Waals surface area (Å²) in [5.74, 6) is -1.22. The molecule has 1 N–H and O–H groups in total. The molecule has 2 rings (SSSR count). The lowest BCUT2D eigenvalue weighted by atomic mass is 10.1. The predicted molar refractivity (Wildman–Crippen MR) is 72.9 cm³/mol. The number of hydrogen-bond donors (Lipinski definition) is 1. The third-order valence-corrected chi connectivity index (χ3v) is 2.93. The molecule has 0 fully saturated rings. The predicted octanol–water partition coefficient (Wildman–Crippen LogP) is 0.278. The smallest absolute Gasteiger partial charge is 0.347 e. The summed E-state index contributed by atoms with van der Waals surface area (Å²) in [6.07, 6.45) is 0. The zero-order valence-electron chi connectivity index (χ0n) is 11.7. The van der Waals surface area contributed by atoms with Crippen LogP contribution in [-0.2, 0) is 14.1 Å². The molecule has 0 atom stereocenters. The molecule has 0 amide bonds. The maximum Gasteiger partial charge on any atom is 0.347 e. The number of aromatic carboxylic acids is 1. The van der Waals surface area contributed by atoms with Gasteiger partial charge < -0.3 is 9.84 Å². The van der Waals surface area contributed by atoms with Crippen molar-refractivity contribution in [3.05, 3.63) is 50.2 Å². The maximum absolute atomic E-state index is 11.9. The summed E-state index contributed by atoms with van der Waals surface area (Å²) in [4.78, 5) is 34.4. The van der Waals surface area contributed by atoms with Gasteiger partial charge in [-0.25, -0.2) is 14.3 Å². The van der Waals surface area contributed by atoms with Crippen LogP contribution in [0.15, 0.2) is 27.8 Å². The van der Waals surface area contributed by atoms with Crippen LogP contribution in [0.5, 0.6) is 11.6 Å². The molecule has 1 aromatic heterocycles. The topological polar surface area (TPSA) is 103 Å². The molecule has 0 aliphatic carbocycles. The second-order valence-electron chi connectivity index (χ2n) is 4.46. The van der Waals surface area contributed by atoms with Gasteiger partial charge >= 0.3 is 23.1 Å². The van der Waals surface area contributed by atoms with E-state index < -0.39 is 17.2 Å². The molecule has 21 heavy (non-hydrogen) atoms. The summed E-state index contributed by atoms with van der Waals surface area (Å²) in [5, 5.41) is 12.7. The minimum Gasteiger partial charge on any atom is -0.478 e. The Balaban J connectivity index is 2.53. The molecule has 0 aliphatic rings. The van der Waals surface area contributed by atoms with E-state index in [1.54, 1.807) is 13.0 Å². The van der Waals surface area contributed by atoms with Gasteiger partial charge in [-0.05, 0) is 24.6 Å². The van der Waals surface area contributed by atoms with Crippen molar-refractivity contribution < 1.29 is 14.6 Å². The number of aryl methyl sites for hydroxylation is 2. The molecule has 1 heterocycles. The molecule has 2 aromatic rings. The fourth-order valence-corrected chi connectivity index (χ4v) is 1.68. The average Bonchev–Trinajstić information content (AvgIpc) is 2.44. The third-order valence-electron chi connectivity index (χ3n) is 2.93. The van der Waals surface area contributed by atoms with E-state index in [9.17, 15) is 14.4 Å². The van der Waals surface area contributed by atoms with Gasteiger partial charge in [-0.1, -0.05) is 6.07 Å². The van der Waals surface area contributed by atoms with E-state index in [2.05, 4.69) is 5.10 Å². The van der Waals surface area contributed by atoms with Gasteiger partial charge in [-0.15, -0.1) is 5.10 Å². The first-order chi connectivity index (χ1) is 9.81. The van der Waals surface area contributed by atoms with Gasteiger partial charge in [-0.2, -0.15) is 0 Å². The summed E-state index contributed by atoms with van der Waals surface area (Å²) in [6.45, 7) is 1.70. The fraction of sp³-hybridized carbons (Fsp3) is 0.231. The first kappa shape index (κ1) is 14.5. The highest BCUT2D eigenvalue weighted by Gasteiger charge is 2.14. The minimum atomic E-state index is -1.11. The number of benzene rings is 1. The summed E-state index contributed by atoms with van der Waals surface area (Å²) in [7, 11) is 2.69. The van der Waals surface area contributed by atoms with Crippen LogP contribution >= 0.6 is 0 Å². The van der Waals surface area contributed by atoms with E-state index in [1.807, 2.05) is 0 Å². The van der Waals surface area contributed by atoms with Crippen LogP contribution in [0.2, 0.25) is 0 Å². The third kappa shape index (κ3) is 2.69. The largest absolute Gasteiger partial charge is 0.478 e. The van der Waals surface area contributed by atoms with E-state index in [1.165, 1.54) is 26.2 Å². The minimum absolute atomic E-state index is 0.0252. The van der Waals surface area contributed by atoms with E-state index in [0.717, 1.165) is 9.25 Å². The van der Waals surface area contributed by atoms with E-state index in [-0.39, 0.29) is 17.2 Å². The molecule has 8 nitrogen and oxygen atoms in total. The van der Waals surface area contributed by atoms with Crippen LogP contribution in [0.3, 0.4) is 0 Å². The quantitative estimate of drug-likeness (QED) is 0.871. The van der Waals surface area contributed by atoms with Gasteiger partial charge in [-0.3, -0.25) is 9.36 Å². The molecule has 0 unspecified atom stereocenters. The second kappa shape index (κ2) is 5.23. The number of rotatable bonds is 3. The highest BCUT2D eigenvalue weighted by molar-refractivity contribution is 5.88. The number of carboxylic acid groups (broad SMARTS) is 1. The number of aromatic nitrogens is 3. The van der Waals surface area contributed by atoms with Crippen LogP contribution in [0.25, 0.3) is 0 Å². The van der Waals surface area contributed by atoms with Crippen molar-refractivity contribution in [2.45, 2.75) is 6.92 Å². The summed E-state index contributed by atoms with van der Waals surface area (Å²) in [6, 6.07) is 4.28. The molecule has 0 bridgehead atoms. The lowest BCUT2D eigenvalue weighted by Gasteiger charge is -2.09. The van der Waals surface area contributed by atoms with Crippen LogP contribution < -0.4 is 16.0 Å². The fourth-order valence-electron chi connectivity index (χ4n) is 1.68. The van der Waals surface area contributed by atoms with Crippen molar-refractivity contribution in [2.75, 3.05) is 0 Å².